The zero-order chi connectivity index (χ0) is 12.8. The van der Waals surface area contributed by atoms with Gasteiger partial charge in [0, 0.05) is 16.6 Å². The molecule has 1 aliphatic rings. The molecular weight excluding hydrogens is 320 g/mol. The van der Waals surface area contributed by atoms with Crippen LogP contribution in [0.1, 0.15) is 16.6 Å². The van der Waals surface area contributed by atoms with Crippen LogP contribution in [-0.2, 0) is 6.42 Å². The second-order valence-electron chi connectivity index (χ2n) is 4.72. The summed E-state index contributed by atoms with van der Waals surface area (Å²) in [7, 11) is 0. The highest BCUT2D eigenvalue weighted by molar-refractivity contribution is 9.10. The van der Waals surface area contributed by atoms with Gasteiger partial charge in [-0.3, -0.25) is 0 Å². The van der Waals surface area contributed by atoms with Gasteiger partial charge in [-0.25, -0.2) is 4.98 Å². The summed E-state index contributed by atoms with van der Waals surface area (Å²) in [6.45, 7) is 0. The Hall–Kier alpha value is -1.39. The number of fused-ring (bicyclic) bond motifs is 2. The van der Waals surface area contributed by atoms with E-state index in [1.165, 1.54) is 21.0 Å². The number of benzene rings is 2. The number of aromatic nitrogens is 1. The first-order valence-corrected chi connectivity index (χ1v) is 7.81. The van der Waals surface area contributed by atoms with E-state index in [1.54, 1.807) is 11.3 Å². The normalized spacial score (nSPS) is 17.4. The summed E-state index contributed by atoms with van der Waals surface area (Å²) in [5.74, 6) is 0. The van der Waals surface area contributed by atoms with Gasteiger partial charge in [-0.05, 0) is 29.8 Å². The Bertz CT molecular complexity index is 741. The van der Waals surface area contributed by atoms with Crippen LogP contribution in [-0.4, -0.2) is 4.98 Å². The molecule has 2 heterocycles. The monoisotopic (exact) mass is 330 g/mol. The Kier molecular flexibility index (Phi) is 2.60. The summed E-state index contributed by atoms with van der Waals surface area (Å²) in [6, 6.07) is 15.1. The fourth-order valence-electron chi connectivity index (χ4n) is 2.51. The number of nitrogens with zero attached hydrogens (tertiary/aromatic N) is 1. The minimum Gasteiger partial charge on any atom is -0.375 e. The van der Waals surface area contributed by atoms with Crippen molar-refractivity contribution in [3.05, 3.63) is 57.5 Å². The van der Waals surface area contributed by atoms with E-state index in [0.717, 1.165) is 16.4 Å². The molecule has 94 valence electrons. The first-order valence-electron chi connectivity index (χ1n) is 6.20. The van der Waals surface area contributed by atoms with Crippen LogP contribution in [0.3, 0.4) is 0 Å². The molecule has 0 saturated heterocycles. The first kappa shape index (κ1) is 11.4. The van der Waals surface area contributed by atoms with Gasteiger partial charge < -0.3 is 5.32 Å². The molecule has 2 nitrogen and oxygen atoms in total. The highest BCUT2D eigenvalue weighted by Gasteiger charge is 2.24. The van der Waals surface area contributed by atoms with Gasteiger partial charge in [0.25, 0.3) is 0 Å². The molecule has 0 bridgehead atoms. The topological polar surface area (TPSA) is 24.9 Å². The third kappa shape index (κ3) is 1.95. The maximum atomic E-state index is 4.76. The third-order valence-corrected chi connectivity index (χ3v) is 5.08. The van der Waals surface area contributed by atoms with Crippen molar-refractivity contribution >= 4 is 43.2 Å². The lowest BCUT2D eigenvalue weighted by atomic mass is 10.1. The molecule has 1 N–H and O–H groups in total. The Morgan fingerprint density at radius 2 is 2.11 bits per heavy atom. The molecule has 3 aromatic rings. The lowest BCUT2D eigenvalue weighted by molar-refractivity contribution is 0.816. The molecule has 0 fully saturated rings. The van der Waals surface area contributed by atoms with Crippen LogP contribution in [0.4, 0.5) is 5.69 Å². The summed E-state index contributed by atoms with van der Waals surface area (Å²) in [5, 5.41) is 4.73. The van der Waals surface area contributed by atoms with Crippen molar-refractivity contribution in [2.75, 3.05) is 5.32 Å². The zero-order valence-electron chi connectivity index (χ0n) is 10.1. The van der Waals surface area contributed by atoms with Gasteiger partial charge in [0.05, 0.1) is 16.3 Å². The molecule has 19 heavy (non-hydrogen) atoms. The first-order chi connectivity index (χ1) is 9.29. The highest BCUT2D eigenvalue weighted by atomic mass is 79.9. The summed E-state index contributed by atoms with van der Waals surface area (Å²) in [5.41, 5.74) is 3.70. The molecule has 0 radical (unpaired) electrons. The highest BCUT2D eigenvalue weighted by Crippen LogP contribution is 2.37. The maximum Gasteiger partial charge on any atom is 0.116 e. The van der Waals surface area contributed by atoms with Crippen molar-refractivity contribution in [2.24, 2.45) is 0 Å². The van der Waals surface area contributed by atoms with Crippen LogP contribution in [0.5, 0.6) is 0 Å². The molecule has 4 heteroatoms. The Labute approximate surface area is 123 Å². The maximum absolute atomic E-state index is 4.76. The second kappa shape index (κ2) is 4.32. The number of para-hydroxylation sites is 1. The fraction of sp³-hybridized carbons (Fsp3) is 0.133. The summed E-state index contributed by atoms with van der Waals surface area (Å²) in [4.78, 5) is 4.76. The van der Waals surface area contributed by atoms with E-state index in [4.69, 9.17) is 4.98 Å². The summed E-state index contributed by atoms with van der Waals surface area (Å²) >= 11 is 5.28. The predicted octanol–water partition coefficient (Wildman–Crippen LogP) is 4.77. The second-order valence-corrected chi connectivity index (χ2v) is 6.70. The molecule has 1 atom stereocenters. The summed E-state index contributed by atoms with van der Waals surface area (Å²) < 4.78 is 2.33. The van der Waals surface area contributed by atoms with Crippen molar-refractivity contribution in [2.45, 2.75) is 12.5 Å². The number of anilines is 1. The van der Waals surface area contributed by atoms with Crippen LogP contribution in [0, 0.1) is 0 Å². The molecular formula is C15H11BrN2S. The fourth-order valence-corrected chi connectivity index (χ4v) is 3.86. The van der Waals surface area contributed by atoms with Crippen LogP contribution in [0.15, 0.2) is 46.9 Å². The van der Waals surface area contributed by atoms with Gasteiger partial charge in [-0.15, -0.1) is 11.3 Å². The quantitative estimate of drug-likeness (QED) is 0.695. The molecule has 1 unspecified atom stereocenters. The van der Waals surface area contributed by atoms with Crippen molar-refractivity contribution in [1.82, 2.24) is 4.98 Å². The Morgan fingerprint density at radius 3 is 3.00 bits per heavy atom. The van der Waals surface area contributed by atoms with Crippen molar-refractivity contribution < 1.29 is 0 Å². The SMILES string of the molecule is Brc1ccc2sc(C3Cc4ccccc4N3)nc2c1. The Morgan fingerprint density at radius 1 is 1.21 bits per heavy atom. The van der Waals surface area contributed by atoms with Crippen molar-refractivity contribution in [3.8, 4) is 0 Å². The van der Waals surface area contributed by atoms with Gasteiger partial charge in [0.1, 0.15) is 5.01 Å². The van der Waals surface area contributed by atoms with Gasteiger partial charge in [0.2, 0.25) is 0 Å². The molecule has 1 aliphatic heterocycles. The smallest absolute Gasteiger partial charge is 0.116 e. The van der Waals surface area contributed by atoms with Crippen molar-refractivity contribution in [1.29, 1.82) is 0 Å². The lowest BCUT2D eigenvalue weighted by Gasteiger charge is -2.06. The van der Waals surface area contributed by atoms with Gasteiger partial charge in [-0.2, -0.15) is 0 Å². The Balaban J connectivity index is 1.73. The lowest BCUT2D eigenvalue weighted by Crippen LogP contribution is -2.04. The minimum atomic E-state index is 0.313. The zero-order valence-corrected chi connectivity index (χ0v) is 12.5. The van der Waals surface area contributed by atoms with E-state index < -0.39 is 0 Å². The van der Waals surface area contributed by atoms with E-state index in [-0.39, 0.29) is 0 Å². The van der Waals surface area contributed by atoms with Crippen molar-refractivity contribution in [3.63, 3.8) is 0 Å². The molecule has 4 rings (SSSR count). The third-order valence-electron chi connectivity index (χ3n) is 3.44. The van der Waals surface area contributed by atoms with Gasteiger partial charge in [-0.1, -0.05) is 34.1 Å². The number of nitrogens with one attached hydrogen (secondary N) is 1. The molecule has 2 aromatic carbocycles. The van der Waals surface area contributed by atoms with E-state index in [9.17, 15) is 0 Å². The summed E-state index contributed by atoms with van der Waals surface area (Å²) in [6.07, 6.45) is 1.02. The number of rotatable bonds is 1. The average molecular weight is 331 g/mol. The largest absolute Gasteiger partial charge is 0.375 e. The average Bonchev–Trinajstić information content (AvgIpc) is 3.00. The molecule has 0 aliphatic carbocycles. The van der Waals surface area contributed by atoms with Crippen LogP contribution >= 0.6 is 27.3 Å². The van der Waals surface area contributed by atoms with Gasteiger partial charge in [0.15, 0.2) is 0 Å². The van der Waals surface area contributed by atoms with Crippen LogP contribution in [0.25, 0.3) is 10.2 Å². The van der Waals surface area contributed by atoms with E-state index in [1.807, 2.05) is 0 Å². The molecule has 0 amide bonds. The molecule has 1 aromatic heterocycles. The van der Waals surface area contributed by atoms with Crippen LogP contribution in [0.2, 0.25) is 0 Å². The standard InChI is InChI=1S/C15H11BrN2S/c16-10-5-6-14-12(8-10)18-15(19-14)13-7-9-3-1-2-4-11(9)17-13/h1-6,8,13,17H,7H2. The van der Waals surface area contributed by atoms with E-state index >= 15 is 0 Å². The number of hydrogen-bond acceptors (Lipinski definition) is 3. The van der Waals surface area contributed by atoms with E-state index in [2.05, 4.69) is 63.7 Å². The van der Waals surface area contributed by atoms with E-state index in [0.29, 0.717) is 6.04 Å². The van der Waals surface area contributed by atoms with Crippen LogP contribution < -0.4 is 5.32 Å². The molecule has 0 saturated carbocycles. The predicted molar refractivity (Wildman–Crippen MR) is 83.8 cm³/mol. The number of halogens is 1. The number of thiazole rings is 1. The van der Waals surface area contributed by atoms with Gasteiger partial charge >= 0.3 is 0 Å². The molecule has 0 spiro atoms. The minimum absolute atomic E-state index is 0.313. The number of hydrogen-bond donors (Lipinski definition) is 1.